The lowest BCUT2D eigenvalue weighted by molar-refractivity contribution is 0.118. The molecule has 0 radical (unpaired) electrons. The highest BCUT2D eigenvalue weighted by atomic mass is 16.3. The smallest absolute Gasteiger partial charge is 0.0792 e. The van der Waals surface area contributed by atoms with Crippen molar-refractivity contribution in [3.8, 4) is 0 Å². The summed E-state index contributed by atoms with van der Waals surface area (Å²) in [5.41, 5.74) is 2.46. The first-order valence-electron chi connectivity index (χ1n) is 6.92. The lowest BCUT2D eigenvalue weighted by Gasteiger charge is -2.27. The quantitative estimate of drug-likeness (QED) is 0.810. The molecule has 1 aliphatic carbocycles. The number of hydrogen-bond acceptors (Lipinski definition) is 1. The molecular formula is C16H24O. The van der Waals surface area contributed by atoms with Crippen molar-refractivity contribution in [3.63, 3.8) is 0 Å². The largest absolute Gasteiger partial charge is 0.388 e. The molecule has 0 aliphatic heterocycles. The van der Waals surface area contributed by atoms with Crippen LogP contribution < -0.4 is 0 Å². The maximum Gasteiger partial charge on any atom is 0.0792 e. The number of aliphatic hydroxyl groups excluding tert-OH is 1. The van der Waals surface area contributed by atoms with Crippen LogP contribution >= 0.6 is 0 Å². The van der Waals surface area contributed by atoms with E-state index in [1.165, 1.54) is 24.8 Å². The van der Waals surface area contributed by atoms with Crippen LogP contribution in [-0.2, 0) is 6.42 Å². The number of hydrogen-bond donors (Lipinski definition) is 1. The first-order chi connectivity index (χ1) is 8.15. The van der Waals surface area contributed by atoms with E-state index in [-0.39, 0.29) is 6.10 Å². The Morgan fingerprint density at radius 1 is 1.18 bits per heavy atom. The average molecular weight is 232 g/mol. The number of aliphatic hydroxyl groups is 1. The highest BCUT2D eigenvalue weighted by molar-refractivity contribution is 5.24. The molecule has 0 aromatic heterocycles. The zero-order chi connectivity index (χ0) is 12.3. The van der Waals surface area contributed by atoms with Crippen molar-refractivity contribution in [3.05, 3.63) is 35.4 Å². The SMILES string of the molecule is CC(C)Cc1ccc(C(O)CC2CCC2)cc1. The molecule has 0 spiro atoms. The van der Waals surface area contributed by atoms with Gasteiger partial charge < -0.3 is 5.11 Å². The van der Waals surface area contributed by atoms with Crippen LogP contribution in [0, 0.1) is 11.8 Å². The molecule has 1 nitrogen and oxygen atoms in total. The van der Waals surface area contributed by atoms with Crippen LogP contribution in [0.3, 0.4) is 0 Å². The van der Waals surface area contributed by atoms with Gasteiger partial charge in [0.25, 0.3) is 0 Å². The second kappa shape index (κ2) is 5.68. The second-order valence-corrected chi connectivity index (χ2v) is 5.89. The third-order valence-electron chi connectivity index (χ3n) is 3.79. The summed E-state index contributed by atoms with van der Waals surface area (Å²) in [7, 11) is 0. The van der Waals surface area contributed by atoms with Gasteiger partial charge in [-0.25, -0.2) is 0 Å². The fourth-order valence-corrected chi connectivity index (χ4v) is 2.53. The van der Waals surface area contributed by atoms with Crippen molar-refractivity contribution in [2.75, 3.05) is 0 Å². The Hall–Kier alpha value is -0.820. The summed E-state index contributed by atoms with van der Waals surface area (Å²) < 4.78 is 0. The Morgan fingerprint density at radius 2 is 1.82 bits per heavy atom. The van der Waals surface area contributed by atoms with E-state index in [4.69, 9.17) is 0 Å². The molecule has 94 valence electrons. The third-order valence-corrected chi connectivity index (χ3v) is 3.79. The van der Waals surface area contributed by atoms with E-state index in [1.54, 1.807) is 0 Å². The van der Waals surface area contributed by atoms with Gasteiger partial charge in [0, 0.05) is 0 Å². The molecule has 1 saturated carbocycles. The summed E-state index contributed by atoms with van der Waals surface area (Å²) in [6, 6.07) is 8.53. The van der Waals surface area contributed by atoms with Gasteiger partial charge >= 0.3 is 0 Å². The van der Waals surface area contributed by atoms with Crippen molar-refractivity contribution in [1.82, 2.24) is 0 Å². The van der Waals surface area contributed by atoms with Crippen LogP contribution in [0.25, 0.3) is 0 Å². The minimum atomic E-state index is -0.256. The zero-order valence-corrected chi connectivity index (χ0v) is 11.0. The summed E-state index contributed by atoms with van der Waals surface area (Å²) in [5, 5.41) is 10.1. The van der Waals surface area contributed by atoms with Gasteiger partial charge in [-0.1, -0.05) is 57.4 Å². The van der Waals surface area contributed by atoms with Crippen molar-refractivity contribution < 1.29 is 5.11 Å². The second-order valence-electron chi connectivity index (χ2n) is 5.89. The van der Waals surface area contributed by atoms with Gasteiger partial charge in [0.2, 0.25) is 0 Å². The van der Waals surface area contributed by atoms with E-state index < -0.39 is 0 Å². The Morgan fingerprint density at radius 3 is 2.29 bits per heavy atom. The number of benzene rings is 1. The molecular weight excluding hydrogens is 208 g/mol. The van der Waals surface area contributed by atoms with Crippen LogP contribution in [0.5, 0.6) is 0 Å². The van der Waals surface area contributed by atoms with E-state index in [1.807, 2.05) is 0 Å². The van der Waals surface area contributed by atoms with Crippen LogP contribution in [0.1, 0.15) is 56.8 Å². The van der Waals surface area contributed by atoms with E-state index in [0.717, 1.165) is 24.3 Å². The van der Waals surface area contributed by atoms with Gasteiger partial charge in [-0.3, -0.25) is 0 Å². The standard InChI is InChI=1S/C16H24O/c1-12(2)10-14-6-8-15(9-7-14)16(17)11-13-4-3-5-13/h6-9,12-13,16-17H,3-5,10-11H2,1-2H3. The minimum Gasteiger partial charge on any atom is -0.388 e. The summed E-state index contributed by atoms with van der Waals surface area (Å²) in [6.45, 7) is 4.47. The summed E-state index contributed by atoms with van der Waals surface area (Å²) in [4.78, 5) is 0. The van der Waals surface area contributed by atoms with E-state index in [2.05, 4.69) is 38.1 Å². The molecule has 2 rings (SSSR count). The van der Waals surface area contributed by atoms with Crippen LogP contribution in [0.2, 0.25) is 0 Å². The van der Waals surface area contributed by atoms with Gasteiger partial charge in [0.1, 0.15) is 0 Å². The molecule has 1 N–H and O–H groups in total. The van der Waals surface area contributed by atoms with Gasteiger partial charge in [-0.15, -0.1) is 0 Å². The molecule has 1 fully saturated rings. The maximum absolute atomic E-state index is 10.1. The lowest BCUT2D eigenvalue weighted by Crippen LogP contribution is -2.14. The zero-order valence-electron chi connectivity index (χ0n) is 11.0. The van der Waals surface area contributed by atoms with Crippen molar-refractivity contribution in [1.29, 1.82) is 0 Å². The first kappa shape index (κ1) is 12.6. The Balaban J connectivity index is 1.91. The molecule has 0 saturated heterocycles. The molecule has 1 atom stereocenters. The fraction of sp³-hybridized carbons (Fsp3) is 0.625. The van der Waals surface area contributed by atoms with Crippen molar-refractivity contribution >= 4 is 0 Å². The molecule has 0 bridgehead atoms. The Kier molecular flexibility index (Phi) is 4.22. The summed E-state index contributed by atoms with van der Waals surface area (Å²) >= 11 is 0. The third kappa shape index (κ3) is 3.57. The van der Waals surface area contributed by atoms with Crippen molar-refractivity contribution in [2.24, 2.45) is 11.8 Å². The topological polar surface area (TPSA) is 20.2 Å². The van der Waals surface area contributed by atoms with Crippen molar-refractivity contribution in [2.45, 2.75) is 52.1 Å². The molecule has 1 heteroatoms. The molecule has 1 aliphatic rings. The van der Waals surface area contributed by atoms with Gasteiger partial charge in [-0.05, 0) is 35.8 Å². The molecule has 17 heavy (non-hydrogen) atoms. The van der Waals surface area contributed by atoms with Gasteiger partial charge in [0.05, 0.1) is 6.10 Å². The monoisotopic (exact) mass is 232 g/mol. The van der Waals surface area contributed by atoms with E-state index in [9.17, 15) is 5.11 Å². The van der Waals surface area contributed by atoms with Crippen LogP contribution in [0.15, 0.2) is 24.3 Å². The Bertz CT molecular complexity index is 335. The molecule has 0 heterocycles. The average Bonchev–Trinajstić information content (AvgIpc) is 2.23. The first-order valence-corrected chi connectivity index (χ1v) is 6.92. The highest BCUT2D eigenvalue weighted by Crippen LogP contribution is 2.34. The van der Waals surface area contributed by atoms with Crippen LogP contribution in [-0.4, -0.2) is 5.11 Å². The number of rotatable bonds is 5. The fourth-order valence-electron chi connectivity index (χ4n) is 2.53. The summed E-state index contributed by atoms with van der Waals surface area (Å²) in [6.07, 6.45) is 5.78. The predicted octanol–water partition coefficient (Wildman–Crippen LogP) is 4.11. The van der Waals surface area contributed by atoms with E-state index >= 15 is 0 Å². The maximum atomic E-state index is 10.1. The minimum absolute atomic E-state index is 0.256. The molecule has 1 aromatic carbocycles. The van der Waals surface area contributed by atoms with Crippen LogP contribution in [0.4, 0.5) is 0 Å². The van der Waals surface area contributed by atoms with Gasteiger partial charge in [0.15, 0.2) is 0 Å². The molecule has 1 unspecified atom stereocenters. The normalized spacial score (nSPS) is 18.1. The molecule has 0 amide bonds. The summed E-state index contributed by atoms with van der Waals surface area (Å²) in [5.74, 6) is 1.46. The molecule has 1 aromatic rings. The Labute approximate surface area is 105 Å². The van der Waals surface area contributed by atoms with E-state index in [0.29, 0.717) is 5.92 Å². The lowest BCUT2D eigenvalue weighted by atomic mass is 9.80. The van der Waals surface area contributed by atoms with Gasteiger partial charge in [-0.2, -0.15) is 0 Å². The highest BCUT2D eigenvalue weighted by Gasteiger charge is 2.21. The predicted molar refractivity (Wildman–Crippen MR) is 71.9 cm³/mol.